The smallest absolute Gasteiger partial charge is 0.120 e. The first-order valence-corrected chi connectivity index (χ1v) is 8.63. The molecule has 0 radical (unpaired) electrons. The van der Waals surface area contributed by atoms with Gasteiger partial charge in [0, 0.05) is 31.9 Å². The lowest BCUT2D eigenvalue weighted by Crippen LogP contribution is -2.35. The number of aromatic nitrogens is 2. The van der Waals surface area contributed by atoms with E-state index < -0.39 is 6.10 Å². The minimum Gasteiger partial charge on any atom is -0.491 e. The maximum atomic E-state index is 10.3. The lowest BCUT2D eigenvalue weighted by atomic mass is 10.1. The number of aliphatic hydroxyl groups is 1. The molecule has 0 bridgehead atoms. The largest absolute Gasteiger partial charge is 0.491 e. The van der Waals surface area contributed by atoms with Gasteiger partial charge >= 0.3 is 0 Å². The second-order valence-corrected chi connectivity index (χ2v) is 6.32. The summed E-state index contributed by atoms with van der Waals surface area (Å²) in [6.07, 6.45) is 3.32. The Kier molecular flexibility index (Phi) is 5.68. The predicted octanol–water partition coefficient (Wildman–Crippen LogP) is 2.84. The number of hydrogen-bond acceptors (Lipinski definition) is 4. The number of rotatable bonds is 8. The van der Waals surface area contributed by atoms with Crippen molar-refractivity contribution in [1.29, 1.82) is 0 Å². The maximum absolute atomic E-state index is 10.3. The highest BCUT2D eigenvalue weighted by Gasteiger charge is 2.12. The molecule has 0 saturated carbocycles. The van der Waals surface area contributed by atoms with E-state index in [9.17, 15) is 5.11 Å². The Morgan fingerprint density at radius 2 is 2.00 bits per heavy atom. The van der Waals surface area contributed by atoms with Crippen LogP contribution in [-0.2, 0) is 13.6 Å². The van der Waals surface area contributed by atoms with Crippen molar-refractivity contribution in [2.24, 2.45) is 7.05 Å². The van der Waals surface area contributed by atoms with E-state index in [2.05, 4.69) is 29.1 Å². The average Bonchev–Trinajstić information content (AvgIpc) is 3.04. The molecule has 0 fully saturated rings. The summed E-state index contributed by atoms with van der Waals surface area (Å²) >= 11 is 0. The van der Waals surface area contributed by atoms with Crippen molar-refractivity contribution < 1.29 is 9.84 Å². The Balaban J connectivity index is 1.52. The van der Waals surface area contributed by atoms with E-state index in [-0.39, 0.29) is 6.61 Å². The Morgan fingerprint density at radius 3 is 2.72 bits per heavy atom. The standard InChI is InChI=1S/C20H25N3O2/c1-3-23(13-16-11-21-22(2)12-16)14-19(24)15-25-20-9-8-17-6-4-5-7-18(17)10-20/h4-12,19,24H,3,13-15H2,1-2H3. The van der Waals surface area contributed by atoms with E-state index in [4.69, 9.17) is 4.74 Å². The minimum atomic E-state index is -0.539. The molecule has 25 heavy (non-hydrogen) atoms. The quantitative estimate of drug-likeness (QED) is 0.686. The molecule has 3 aromatic rings. The molecule has 1 heterocycles. The fourth-order valence-corrected chi connectivity index (χ4v) is 2.92. The van der Waals surface area contributed by atoms with Crippen LogP contribution in [0.25, 0.3) is 10.8 Å². The molecule has 0 spiro atoms. The topological polar surface area (TPSA) is 50.5 Å². The van der Waals surface area contributed by atoms with Crippen molar-refractivity contribution in [3.8, 4) is 5.75 Å². The van der Waals surface area contributed by atoms with Gasteiger partial charge < -0.3 is 9.84 Å². The van der Waals surface area contributed by atoms with Gasteiger partial charge in [0.15, 0.2) is 0 Å². The zero-order valence-corrected chi connectivity index (χ0v) is 14.8. The van der Waals surface area contributed by atoms with Crippen LogP contribution in [0, 0.1) is 0 Å². The number of ether oxygens (including phenoxy) is 1. The fourth-order valence-electron chi connectivity index (χ4n) is 2.92. The molecular formula is C20H25N3O2. The van der Waals surface area contributed by atoms with E-state index in [1.165, 1.54) is 5.39 Å². The van der Waals surface area contributed by atoms with Crippen LogP contribution in [0.2, 0.25) is 0 Å². The summed E-state index contributed by atoms with van der Waals surface area (Å²) in [6.45, 7) is 4.58. The molecule has 1 N–H and O–H groups in total. The van der Waals surface area contributed by atoms with Crippen molar-refractivity contribution in [3.05, 3.63) is 60.4 Å². The number of benzene rings is 2. The SMILES string of the molecule is CCN(Cc1cnn(C)c1)CC(O)COc1ccc2ccccc2c1. The van der Waals surface area contributed by atoms with Crippen LogP contribution in [-0.4, -0.2) is 45.6 Å². The van der Waals surface area contributed by atoms with Crippen LogP contribution in [0.1, 0.15) is 12.5 Å². The monoisotopic (exact) mass is 339 g/mol. The Hall–Kier alpha value is -2.37. The molecule has 0 aliphatic carbocycles. The summed E-state index contributed by atoms with van der Waals surface area (Å²) in [6, 6.07) is 14.2. The summed E-state index contributed by atoms with van der Waals surface area (Å²) in [5, 5.41) is 16.8. The van der Waals surface area contributed by atoms with Gasteiger partial charge in [-0.1, -0.05) is 37.3 Å². The van der Waals surface area contributed by atoms with Crippen molar-refractivity contribution >= 4 is 10.8 Å². The summed E-state index contributed by atoms with van der Waals surface area (Å²) in [5.41, 5.74) is 1.15. The number of fused-ring (bicyclic) bond motifs is 1. The number of nitrogens with zero attached hydrogens (tertiary/aromatic N) is 3. The molecule has 5 nitrogen and oxygen atoms in total. The van der Waals surface area contributed by atoms with Gasteiger partial charge in [-0.3, -0.25) is 9.58 Å². The predicted molar refractivity (Wildman–Crippen MR) is 99.6 cm³/mol. The fraction of sp³-hybridized carbons (Fsp3) is 0.350. The molecule has 0 amide bonds. The zero-order valence-electron chi connectivity index (χ0n) is 14.8. The summed E-state index contributed by atoms with van der Waals surface area (Å²) < 4.78 is 7.58. The summed E-state index contributed by atoms with van der Waals surface area (Å²) in [4.78, 5) is 2.19. The van der Waals surface area contributed by atoms with E-state index in [0.29, 0.717) is 6.54 Å². The third kappa shape index (κ3) is 4.81. The first-order valence-electron chi connectivity index (χ1n) is 8.63. The summed E-state index contributed by atoms with van der Waals surface area (Å²) in [7, 11) is 1.91. The van der Waals surface area contributed by atoms with E-state index >= 15 is 0 Å². The second-order valence-electron chi connectivity index (χ2n) is 6.32. The second kappa shape index (κ2) is 8.14. The highest BCUT2D eigenvalue weighted by molar-refractivity contribution is 5.83. The Labute approximate surface area is 148 Å². The minimum absolute atomic E-state index is 0.280. The number of aliphatic hydroxyl groups excluding tert-OH is 1. The Bertz CT molecular complexity index is 815. The zero-order chi connectivity index (χ0) is 17.6. The Morgan fingerprint density at radius 1 is 1.20 bits per heavy atom. The van der Waals surface area contributed by atoms with Gasteiger partial charge in [0.1, 0.15) is 18.5 Å². The van der Waals surface area contributed by atoms with Gasteiger partial charge in [0.2, 0.25) is 0 Å². The molecular weight excluding hydrogens is 314 g/mol. The van der Waals surface area contributed by atoms with Gasteiger partial charge in [0.25, 0.3) is 0 Å². The van der Waals surface area contributed by atoms with E-state index in [1.54, 1.807) is 4.68 Å². The molecule has 0 saturated heterocycles. The highest BCUT2D eigenvalue weighted by Crippen LogP contribution is 2.20. The van der Waals surface area contributed by atoms with E-state index in [1.807, 2.05) is 49.8 Å². The average molecular weight is 339 g/mol. The normalized spacial score (nSPS) is 12.6. The van der Waals surface area contributed by atoms with Gasteiger partial charge in [-0.15, -0.1) is 0 Å². The highest BCUT2D eigenvalue weighted by atomic mass is 16.5. The van der Waals surface area contributed by atoms with Crippen LogP contribution in [0.5, 0.6) is 5.75 Å². The lowest BCUT2D eigenvalue weighted by Gasteiger charge is -2.23. The van der Waals surface area contributed by atoms with Crippen molar-refractivity contribution in [2.75, 3.05) is 19.7 Å². The maximum Gasteiger partial charge on any atom is 0.120 e. The number of aryl methyl sites for hydroxylation is 1. The number of hydrogen-bond donors (Lipinski definition) is 1. The van der Waals surface area contributed by atoms with Crippen LogP contribution < -0.4 is 4.74 Å². The summed E-state index contributed by atoms with van der Waals surface area (Å²) in [5.74, 6) is 0.785. The van der Waals surface area contributed by atoms with Crippen molar-refractivity contribution in [3.63, 3.8) is 0 Å². The van der Waals surface area contributed by atoms with Crippen molar-refractivity contribution in [1.82, 2.24) is 14.7 Å². The molecule has 0 aliphatic rings. The van der Waals surface area contributed by atoms with Gasteiger partial charge in [0.05, 0.1) is 6.20 Å². The third-order valence-corrected chi connectivity index (χ3v) is 4.24. The first-order chi connectivity index (χ1) is 12.1. The lowest BCUT2D eigenvalue weighted by molar-refractivity contribution is 0.0675. The van der Waals surface area contributed by atoms with Gasteiger partial charge in [-0.2, -0.15) is 5.10 Å². The molecule has 3 rings (SSSR count). The van der Waals surface area contributed by atoms with Crippen LogP contribution in [0.4, 0.5) is 0 Å². The molecule has 1 unspecified atom stereocenters. The first kappa shape index (κ1) is 17.5. The van der Waals surface area contributed by atoms with Crippen LogP contribution in [0.3, 0.4) is 0 Å². The third-order valence-electron chi connectivity index (χ3n) is 4.24. The molecule has 1 atom stereocenters. The molecule has 5 heteroatoms. The van der Waals surface area contributed by atoms with Gasteiger partial charge in [-0.25, -0.2) is 0 Å². The van der Waals surface area contributed by atoms with Crippen LogP contribution >= 0.6 is 0 Å². The van der Waals surface area contributed by atoms with Gasteiger partial charge in [-0.05, 0) is 29.4 Å². The van der Waals surface area contributed by atoms with E-state index in [0.717, 1.165) is 29.8 Å². The van der Waals surface area contributed by atoms with Crippen LogP contribution in [0.15, 0.2) is 54.9 Å². The molecule has 2 aromatic carbocycles. The van der Waals surface area contributed by atoms with Crippen molar-refractivity contribution in [2.45, 2.75) is 19.6 Å². The molecule has 1 aromatic heterocycles. The number of likely N-dealkylation sites (N-methyl/N-ethyl adjacent to an activating group) is 1. The molecule has 0 aliphatic heterocycles. The molecule has 132 valence electrons.